The van der Waals surface area contributed by atoms with E-state index in [1.54, 1.807) is 0 Å². The molecule has 0 aliphatic rings. The third-order valence-electron chi connectivity index (χ3n) is 4.01. The first-order valence-electron chi connectivity index (χ1n) is 7.68. The smallest absolute Gasteiger partial charge is 0.220 e. The van der Waals surface area contributed by atoms with Crippen molar-refractivity contribution in [2.75, 3.05) is 6.54 Å². The summed E-state index contributed by atoms with van der Waals surface area (Å²) >= 11 is 0. The highest BCUT2D eigenvalue weighted by atomic mass is 16.1. The molecule has 0 spiro atoms. The summed E-state index contributed by atoms with van der Waals surface area (Å²) in [5.41, 5.74) is 8.83. The molecule has 1 unspecified atom stereocenters. The number of nitrogens with one attached hydrogen (secondary N) is 1. The predicted octanol–water partition coefficient (Wildman–Crippen LogP) is 1.85. The Balaban J connectivity index is 2.61. The van der Waals surface area contributed by atoms with E-state index >= 15 is 0 Å². The molecule has 0 radical (unpaired) electrons. The topological polar surface area (TPSA) is 72.9 Å². The van der Waals surface area contributed by atoms with Crippen molar-refractivity contribution >= 4 is 5.91 Å². The maximum atomic E-state index is 12.2. The first-order valence-corrected chi connectivity index (χ1v) is 7.68. The molecule has 1 amide bonds. The molecule has 0 aliphatic carbocycles. The molecule has 1 atom stereocenters. The molecular weight excluding hydrogens is 264 g/mol. The Bertz CT molecular complexity index is 493. The monoisotopic (exact) mass is 294 g/mol. The fraction of sp³-hybridized carbons (Fsp3) is 0.750. The van der Waals surface area contributed by atoms with Gasteiger partial charge >= 0.3 is 0 Å². The van der Waals surface area contributed by atoms with E-state index in [1.165, 1.54) is 5.56 Å². The largest absolute Gasteiger partial charge is 0.350 e. The molecule has 0 aliphatic heterocycles. The predicted molar refractivity (Wildman–Crippen MR) is 86.1 cm³/mol. The second-order valence-corrected chi connectivity index (χ2v) is 6.68. The fourth-order valence-corrected chi connectivity index (χ4v) is 2.90. The number of nitrogens with two attached hydrogens (primary N) is 1. The van der Waals surface area contributed by atoms with E-state index in [0.717, 1.165) is 24.2 Å². The molecule has 1 heterocycles. The van der Waals surface area contributed by atoms with Crippen LogP contribution in [0.25, 0.3) is 0 Å². The molecule has 3 N–H and O–H groups in total. The van der Waals surface area contributed by atoms with Gasteiger partial charge in [-0.05, 0) is 45.1 Å². The Morgan fingerprint density at radius 3 is 2.48 bits per heavy atom. The average Bonchev–Trinajstić information content (AvgIpc) is 2.60. The van der Waals surface area contributed by atoms with E-state index < -0.39 is 0 Å². The van der Waals surface area contributed by atoms with Crippen molar-refractivity contribution in [1.29, 1.82) is 0 Å². The van der Waals surface area contributed by atoms with Crippen LogP contribution in [0.1, 0.15) is 50.6 Å². The summed E-state index contributed by atoms with van der Waals surface area (Å²) in [4.78, 5) is 12.2. The Morgan fingerprint density at radius 2 is 2.05 bits per heavy atom. The van der Waals surface area contributed by atoms with Gasteiger partial charge in [0.2, 0.25) is 5.91 Å². The molecule has 5 nitrogen and oxygen atoms in total. The number of carbonyl (C=O) groups excluding carboxylic acids is 1. The van der Waals surface area contributed by atoms with Crippen LogP contribution < -0.4 is 11.1 Å². The molecule has 0 saturated carbocycles. The first kappa shape index (κ1) is 17.7. The maximum absolute atomic E-state index is 12.2. The van der Waals surface area contributed by atoms with Crippen LogP contribution in [0.15, 0.2) is 0 Å². The average molecular weight is 294 g/mol. The number of rotatable bonds is 7. The van der Waals surface area contributed by atoms with Crippen molar-refractivity contribution in [1.82, 2.24) is 15.1 Å². The number of aryl methyl sites for hydroxylation is 2. The van der Waals surface area contributed by atoms with Gasteiger partial charge in [0, 0.05) is 31.2 Å². The number of hydrogen-bond donors (Lipinski definition) is 2. The molecule has 0 aromatic carbocycles. The molecule has 120 valence electrons. The zero-order chi connectivity index (χ0) is 16.2. The van der Waals surface area contributed by atoms with Crippen molar-refractivity contribution in [3.05, 3.63) is 17.0 Å². The van der Waals surface area contributed by atoms with E-state index in [-0.39, 0.29) is 11.4 Å². The van der Waals surface area contributed by atoms with Crippen molar-refractivity contribution in [3.8, 4) is 0 Å². The quantitative estimate of drug-likeness (QED) is 0.806. The minimum Gasteiger partial charge on any atom is -0.350 e. The Morgan fingerprint density at radius 1 is 1.43 bits per heavy atom. The highest BCUT2D eigenvalue weighted by molar-refractivity contribution is 5.77. The van der Waals surface area contributed by atoms with Gasteiger partial charge in [0.15, 0.2) is 0 Å². The highest BCUT2D eigenvalue weighted by Gasteiger charge is 2.25. The lowest BCUT2D eigenvalue weighted by Crippen LogP contribution is -2.52. The van der Waals surface area contributed by atoms with E-state index in [2.05, 4.69) is 24.3 Å². The summed E-state index contributed by atoms with van der Waals surface area (Å²) in [7, 11) is 1.93. The summed E-state index contributed by atoms with van der Waals surface area (Å²) < 4.78 is 1.87. The summed E-state index contributed by atoms with van der Waals surface area (Å²) in [6.07, 6.45) is 2.08. The maximum Gasteiger partial charge on any atom is 0.220 e. The SMILES string of the molecule is Cc1nn(C)c(C)c1CCC(=O)NC(C)(CN)CC(C)C. The molecule has 1 rings (SSSR count). The summed E-state index contributed by atoms with van der Waals surface area (Å²) in [6, 6.07) is 0. The van der Waals surface area contributed by atoms with Gasteiger partial charge in [-0.3, -0.25) is 9.48 Å². The van der Waals surface area contributed by atoms with E-state index in [9.17, 15) is 4.79 Å². The Hall–Kier alpha value is -1.36. The van der Waals surface area contributed by atoms with E-state index in [1.807, 2.05) is 32.5 Å². The summed E-state index contributed by atoms with van der Waals surface area (Å²) in [6.45, 7) is 10.8. The van der Waals surface area contributed by atoms with Gasteiger partial charge in [0.25, 0.3) is 0 Å². The molecule has 21 heavy (non-hydrogen) atoms. The van der Waals surface area contributed by atoms with Gasteiger partial charge in [0.05, 0.1) is 5.69 Å². The van der Waals surface area contributed by atoms with Crippen LogP contribution in [-0.2, 0) is 18.3 Å². The van der Waals surface area contributed by atoms with Crippen LogP contribution in [-0.4, -0.2) is 27.8 Å². The van der Waals surface area contributed by atoms with Crippen LogP contribution in [0.3, 0.4) is 0 Å². The molecule has 5 heteroatoms. The fourth-order valence-electron chi connectivity index (χ4n) is 2.90. The number of hydrogen-bond acceptors (Lipinski definition) is 3. The van der Waals surface area contributed by atoms with Crippen molar-refractivity contribution < 1.29 is 4.79 Å². The standard InChI is InChI=1S/C16H30N4O/c1-11(2)9-16(5,10-17)18-15(21)8-7-14-12(3)19-20(6)13(14)4/h11H,7-10,17H2,1-6H3,(H,18,21). The Labute approximate surface area is 128 Å². The third-order valence-corrected chi connectivity index (χ3v) is 4.01. The lowest BCUT2D eigenvalue weighted by Gasteiger charge is -2.31. The van der Waals surface area contributed by atoms with Crippen LogP contribution >= 0.6 is 0 Å². The number of amides is 1. The van der Waals surface area contributed by atoms with Crippen molar-refractivity contribution in [3.63, 3.8) is 0 Å². The summed E-state index contributed by atoms with van der Waals surface area (Å²) in [5.74, 6) is 0.563. The number of aromatic nitrogens is 2. The molecular formula is C16H30N4O. The molecule has 0 bridgehead atoms. The zero-order valence-corrected chi connectivity index (χ0v) is 14.3. The van der Waals surface area contributed by atoms with Gasteiger partial charge in [-0.1, -0.05) is 13.8 Å². The van der Waals surface area contributed by atoms with Gasteiger partial charge in [-0.25, -0.2) is 0 Å². The summed E-state index contributed by atoms with van der Waals surface area (Å²) in [5, 5.41) is 7.48. The highest BCUT2D eigenvalue weighted by Crippen LogP contribution is 2.17. The van der Waals surface area contributed by atoms with Gasteiger partial charge in [0.1, 0.15) is 0 Å². The number of nitrogens with zero attached hydrogens (tertiary/aromatic N) is 2. The third kappa shape index (κ3) is 4.84. The minimum absolute atomic E-state index is 0.0613. The molecule has 1 aromatic heterocycles. The van der Waals surface area contributed by atoms with Crippen molar-refractivity contribution in [2.24, 2.45) is 18.7 Å². The van der Waals surface area contributed by atoms with E-state index in [4.69, 9.17) is 5.73 Å². The number of carbonyl (C=O) groups is 1. The van der Waals surface area contributed by atoms with Gasteiger partial charge in [-0.2, -0.15) is 5.10 Å². The normalized spacial score (nSPS) is 14.3. The second-order valence-electron chi connectivity index (χ2n) is 6.68. The first-order chi connectivity index (χ1) is 9.68. The Kier molecular flexibility index (Phi) is 5.96. The molecule has 1 aromatic rings. The van der Waals surface area contributed by atoms with Crippen LogP contribution in [0.2, 0.25) is 0 Å². The van der Waals surface area contributed by atoms with Crippen molar-refractivity contribution in [2.45, 2.75) is 59.4 Å². The zero-order valence-electron chi connectivity index (χ0n) is 14.3. The van der Waals surface area contributed by atoms with E-state index in [0.29, 0.717) is 18.9 Å². The minimum atomic E-state index is -0.315. The molecule has 0 fully saturated rings. The van der Waals surface area contributed by atoms with Crippen LogP contribution in [0.4, 0.5) is 0 Å². The second kappa shape index (κ2) is 7.07. The van der Waals surface area contributed by atoms with Crippen LogP contribution in [0, 0.1) is 19.8 Å². The molecule has 0 saturated heterocycles. The van der Waals surface area contributed by atoms with Crippen LogP contribution in [0.5, 0.6) is 0 Å². The lowest BCUT2D eigenvalue weighted by atomic mass is 9.90. The lowest BCUT2D eigenvalue weighted by molar-refractivity contribution is -0.122. The van der Waals surface area contributed by atoms with Gasteiger partial charge in [-0.15, -0.1) is 0 Å². The van der Waals surface area contributed by atoms with Gasteiger partial charge < -0.3 is 11.1 Å².